The quantitative estimate of drug-likeness (QED) is 0.879. The SMILES string of the molecule is N#Cc1ccnc(N2CCC3(CC2)CCN([C@H]2CC[C@@H](O)CC2)C3=O)c1. The van der Waals surface area contributed by atoms with Gasteiger partial charge in [-0.2, -0.15) is 5.26 Å². The molecule has 1 aliphatic carbocycles. The molecule has 0 unspecified atom stereocenters. The van der Waals surface area contributed by atoms with Crippen LogP contribution in [0.15, 0.2) is 18.3 Å². The fraction of sp³-hybridized carbons (Fsp3) is 0.650. The summed E-state index contributed by atoms with van der Waals surface area (Å²) in [5.41, 5.74) is 0.414. The van der Waals surface area contributed by atoms with Crippen LogP contribution in [0.25, 0.3) is 0 Å². The molecule has 1 spiro atoms. The molecule has 3 aliphatic rings. The molecule has 0 atom stereocenters. The van der Waals surface area contributed by atoms with E-state index in [2.05, 4.69) is 20.9 Å². The average molecular weight is 354 g/mol. The molecule has 1 aromatic rings. The molecule has 0 bridgehead atoms. The maximum absolute atomic E-state index is 13.2. The van der Waals surface area contributed by atoms with E-state index in [0.717, 1.165) is 70.4 Å². The predicted octanol–water partition coefficient (Wildman–Crippen LogP) is 2.08. The molecule has 1 saturated carbocycles. The lowest BCUT2D eigenvalue weighted by Gasteiger charge is -2.40. The molecule has 2 saturated heterocycles. The van der Waals surface area contributed by atoms with Crippen LogP contribution in [-0.2, 0) is 4.79 Å². The zero-order chi connectivity index (χ0) is 18.1. The van der Waals surface area contributed by atoms with Crippen molar-refractivity contribution < 1.29 is 9.90 Å². The lowest BCUT2D eigenvalue weighted by Crippen LogP contribution is -2.47. The second-order valence-corrected chi connectivity index (χ2v) is 7.99. The van der Waals surface area contributed by atoms with E-state index in [0.29, 0.717) is 17.5 Å². The third-order valence-corrected chi connectivity index (χ3v) is 6.57. The Morgan fingerprint density at radius 2 is 1.85 bits per heavy atom. The van der Waals surface area contributed by atoms with Crippen molar-refractivity contribution in [3.63, 3.8) is 0 Å². The Morgan fingerprint density at radius 3 is 2.54 bits per heavy atom. The van der Waals surface area contributed by atoms with Gasteiger partial charge in [-0.1, -0.05) is 0 Å². The van der Waals surface area contributed by atoms with Gasteiger partial charge in [0.2, 0.25) is 5.91 Å². The van der Waals surface area contributed by atoms with Gasteiger partial charge in [-0.15, -0.1) is 0 Å². The third-order valence-electron chi connectivity index (χ3n) is 6.57. The summed E-state index contributed by atoms with van der Waals surface area (Å²) in [5, 5.41) is 18.8. The first-order chi connectivity index (χ1) is 12.6. The largest absolute Gasteiger partial charge is 0.393 e. The van der Waals surface area contributed by atoms with Gasteiger partial charge in [0.1, 0.15) is 5.82 Å². The zero-order valence-electron chi connectivity index (χ0n) is 15.1. The lowest BCUT2D eigenvalue weighted by atomic mass is 9.77. The number of nitriles is 1. The van der Waals surface area contributed by atoms with E-state index in [1.54, 1.807) is 12.3 Å². The molecule has 1 N–H and O–H groups in total. The Kier molecular flexibility index (Phi) is 4.58. The van der Waals surface area contributed by atoms with Crippen LogP contribution in [0.4, 0.5) is 5.82 Å². The summed E-state index contributed by atoms with van der Waals surface area (Å²) < 4.78 is 0. The average Bonchev–Trinajstić information content (AvgIpc) is 2.99. The Morgan fingerprint density at radius 1 is 1.15 bits per heavy atom. The van der Waals surface area contributed by atoms with Gasteiger partial charge in [-0.05, 0) is 57.1 Å². The summed E-state index contributed by atoms with van der Waals surface area (Å²) in [7, 11) is 0. The minimum absolute atomic E-state index is 0.183. The van der Waals surface area contributed by atoms with Crippen molar-refractivity contribution in [3.05, 3.63) is 23.9 Å². The van der Waals surface area contributed by atoms with E-state index in [4.69, 9.17) is 5.26 Å². The number of pyridine rings is 1. The summed E-state index contributed by atoms with van der Waals surface area (Å²) >= 11 is 0. The number of carbonyl (C=O) groups excluding carboxylic acids is 1. The van der Waals surface area contributed by atoms with Crippen molar-refractivity contribution in [3.8, 4) is 6.07 Å². The van der Waals surface area contributed by atoms with Crippen LogP contribution >= 0.6 is 0 Å². The lowest BCUT2D eigenvalue weighted by molar-refractivity contribution is -0.139. The normalized spacial score (nSPS) is 28.4. The maximum atomic E-state index is 13.2. The van der Waals surface area contributed by atoms with Crippen LogP contribution in [0.2, 0.25) is 0 Å². The smallest absolute Gasteiger partial charge is 0.229 e. The van der Waals surface area contributed by atoms with E-state index in [1.807, 2.05) is 6.07 Å². The second-order valence-electron chi connectivity index (χ2n) is 7.99. The van der Waals surface area contributed by atoms with Crippen molar-refractivity contribution in [1.29, 1.82) is 5.26 Å². The van der Waals surface area contributed by atoms with E-state index in [1.165, 1.54) is 0 Å². The van der Waals surface area contributed by atoms with E-state index >= 15 is 0 Å². The van der Waals surface area contributed by atoms with Gasteiger partial charge in [-0.25, -0.2) is 4.98 Å². The monoisotopic (exact) mass is 354 g/mol. The van der Waals surface area contributed by atoms with Crippen LogP contribution in [0.5, 0.6) is 0 Å². The first kappa shape index (κ1) is 17.3. The van der Waals surface area contributed by atoms with E-state index in [-0.39, 0.29) is 11.5 Å². The highest BCUT2D eigenvalue weighted by molar-refractivity contribution is 5.85. The number of aliphatic hydroxyl groups is 1. The van der Waals surface area contributed by atoms with Crippen LogP contribution < -0.4 is 4.90 Å². The number of rotatable bonds is 2. The number of hydrogen-bond acceptors (Lipinski definition) is 5. The predicted molar refractivity (Wildman–Crippen MR) is 97.4 cm³/mol. The molecule has 3 fully saturated rings. The summed E-state index contributed by atoms with van der Waals surface area (Å²) in [5.74, 6) is 1.17. The molecule has 6 heteroatoms. The maximum Gasteiger partial charge on any atom is 0.229 e. The van der Waals surface area contributed by atoms with Crippen molar-refractivity contribution in [2.24, 2.45) is 5.41 Å². The molecule has 26 heavy (non-hydrogen) atoms. The van der Waals surface area contributed by atoms with Crippen molar-refractivity contribution in [2.45, 2.75) is 57.1 Å². The van der Waals surface area contributed by atoms with Gasteiger partial charge in [0.25, 0.3) is 0 Å². The molecule has 4 rings (SSSR count). The van der Waals surface area contributed by atoms with Crippen LogP contribution in [0, 0.1) is 16.7 Å². The number of aliphatic hydroxyl groups excluding tert-OH is 1. The molecule has 2 aliphatic heterocycles. The van der Waals surface area contributed by atoms with Gasteiger partial charge in [0, 0.05) is 31.9 Å². The zero-order valence-corrected chi connectivity index (χ0v) is 15.1. The number of aromatic nitrogens is 1. The van der Waals surface area contributed by atoms with E-state index in [9.17, 15) is 9.90 Å². The summed E-state index contributed by atoms with van der Waals surface area (Å²) in [6.07, 6.45) is 7.65. The fourth-order valence-electron chi connectivity index (χ4n) is 4.85. The minimum Gasteiger partial charge on any atom is -0.393 e. The van der Waals surface area contributed by atoms with Crippen molar-refractivity contribution in [2.75, 3.05) is 24.5 Å². The highest BCUT2D eigenvalue weighted by atomic mass is 16.3. The molecular formula is C20H26N4O2. The number of hydrogen-bond donors (Lipinski definition) is 1. The number of nitrogens with zero attached hydrogens (tertiary/aromatic N) is 4. The van der Waals surface area contributed by atoms with Gasteiger partial charge in [0.15, 0.2) is 0 Å². The summed E-state index contributed by atoms with van der Waals surface area (Å²) in [4.78, 5) is 21.9. The van der Waals surface area contributed by atoms with Crippen LogP contribution in [0.3, 0.4) is 0 Å². The fourth-order valence-corrected chi connectivity index (χ4v) is 4.85. The topological polar surface area (TPSA) is 80.5 Å². The molecule has 6 nitrogen and oxygen atoms in total. The summed E-state index contributed by atoms with van der Waals surface area (Å²) in [6, 6.07) is 6.02. The number of anilines is 1. The third kappa shape index (κ3) is 3.05. The number of carbonyl (C=O) groups is 1. The molecule has 3 heterocycles. The highest BCUT2D eigenvalue weighted by Gasteiger charge is 2.50. The van der Waals surface area contributed by atoms with Gasteiger partial charge < -0.3 is 14.9 Å². The van der Waals surface area contributed by atoms with Crippen molar-refractivity contribution >= 4 is 11.7 Å². The standard InChI is InChI=1S/C20H26N4O2/c21-14-15-5-9-22-18(13-15)23-10-6-20(7-11-23)8-12-24(19(20)26)16-1-3-17(25)4-2-16/h5,9,13,16-17,25H,1-4,6-8,10-12H2/t16-,17+. The van der Waals surface area contributed by atoms with Crippen molar-refractivity contribution in [1.82, 2.24) is 9.88 Å². The van der Waals surface area contributed by atoms with E-state index < -0.39 is 0 Å². The highest BCUT2D eigenvalue weighted by Crippen LogP contribution is 2.44. The molecule has 1 amide bonds. The minimum atomic E-state index is -0.209. The number of likely N-dealkylation sites (tertiary alicyclic amines) is 1. The van der Waals surface area contributed by atoms with Crippen LogP contribution in [-0.4, -0.2) is 52.7 Å². The van der Waals surface area contributed by atoms with Gasteiger partial charge >= 0.3 is 0 Å². The molecule has 138 valence electrons. The van der Waals surface area contributed by atoms with Gasteiger partial charge in [-0.3, -0.25) is 4.79 Å². The molecule has 1 aromatic heterocycles. The first-order valence-electron chi connectivity index (χ1n) is 9.71. The first-order valence-corrected chi connectivity index (χ1v) is 9.71. The Labute approximate surface area is 154 Å². The summed E-state index contributed by atoms with van der Waals surface area (Å²) in [6.45, 7) is 2.48. The second kappa shape index (κ2) is 6.88. The Balaban J connectivity index is 1.41. The Bertz CT molecular complexity index is 713. The van der Waals surface area contributed by atoms with Crippen LogP contribution in [0.1, 0.15) is 50.5 Å². The molecular weight excluding hydrogens is 328 g/mol. The number of piperidine rings is 1. The Hall–Kier alpha value is -2.13. The molecule has 0 radical (unpaired) electrons. The molecule has 0 aromatic carbocycles. The number of amides is 1. The van der Waals surface area contributed by atoms with Gasteiger partial charge in [0.05, 0.1) is 23.2 Å².